The third-order valence-corrected chi connectivity index (χ3v) is 4.63. The number of aromatic nitrogens is 2. The van der Waals surface area contributed by atoms with Gasteiger partial charge in [0.05, 0.1) is 6.07 Å². The average molecular weight is 285 g/mol. The van der Waals surface area contributed by atoms with Gasteiger partial charge in [-0.05, 0) is 0 Å². The molecule has 2 heterocycles. The maximum absolute atomic E-state index is 12.3. The van der Waals surface area contributed by atoms with Crippen molar-refractivity contribution in [2.45, 2.75) is 10.9 Å². The first-order valence-electron chi connectivity index (χ1n) is 5.41. The van der Waals surface area contributed by atoms with Crippen LogP contribution in [0.2, 0.25) is 0 Å². The fourth-order valence-electron chi connectivity index (χ4n) is 1.80. The lowest BCUT2D eigenvalue weighted by Gasteiger charge is -2.30. The SMILES string of the molecule is N#CC1CNCCN1S(=O)(=O)c1c[nH]c(=O)[nH]c1=O. The highest BCUT2D eigenvalue weighted by atomic mass is 32.2. The van der Waals surface area contributed by atoms with Gasteiger partial charge in [-0.15, -0.1) is 0 Å². The van der Waals surface area contributed by atoms with E-state index in [0.29, 0.717) is 6.54 Å². The van der Waals surface area contributed by atoms with E-state index in [2.05, 4.69) is 10.3 Å². The highest BCUT2D eigenvalue weighted by Crippen LogP contribution is 2.15. The van der Waals surface area contributed by atoms with Crippen LogP contribution < -0.4 is 16.6 Å². The van der Waals surface area contributed by atoms with Crippen molar-refractivity contribution in [2.75, 3.05) is 19.6 Å². The molecule has 3 N–H and O–H groups in total. The van der Waals surface area contributed by atoms with Crippen LogP contribution in [0.15, 0.2) is 20.7 Å². The molecule has 1 saturated heterocycles. The molecule has 19 heavy (non-hydrogen) atoms. The minimum atomic E-state index is -4.11. The summed E-state index contributed by atoms with van der Waals surface area (Å²) >= 11 is 0. The Bertz CT molecular complexity index is 728. The van der Waals surface area contributed by atoms with Gasteiger partial charge in [-0.2, -0.15) is 9.57 Å². The van der Waals surface area contributed by atoms with Crippen molar-refractivity contribution in [2.24, 2.45) is 0 Å². The van der Waals surface area contributed by atoms with E-state index in [1.54, 1.807) is 0 Å². The molecule has 2 rings (SSSR count). The molecule has 1 aliphatic heterocycles. The normalized spacial score (nSPS) is 20.9. The van der Waals surface area contributed by atoms with Gasteiger partial charge in [0.15, 0.2) is 4.90 Å². The summed E-state index contributed by atoms with van der Waals surface area (Å²) in [7, 11) is -4.11. The number of hydrogen-bond acceptors (Lipinski definition) is 6. The zero-order chi connectivity index (χ0) is 14.0. The summed E-state index contributed by atoms with van der Waals surface area (Å²) in [5.41, 5.74) is -1.79. The largest absolute Gasteiger partial charge is 0.325 e. The predicted octanol–water partition coefficient (Wildman–Crippen LogP) is -2.45. The van der Waals surface area contributed by atoms with E-state index in [1.165, 1.54) is 0 Å². The van der Waals surface area contributed by atoms with E-state index in [-0.39, 0.29) is 13.1 Å². The van der Waals surface area contributed by atoms with E-state index < -0.39 is 32.2 Å². The number of sulfonamides is 1. The number of nitrogens with zero attached hydrogens (tertiary/aromatic N) is 2. The standard InChI is InChI=1S/C9H11N5O4S/c10-3-6-4-11-1-2-14(6)19(17,18)7-5-12-9(16)13-8(7)15/h5-6,11H,1-2,4H2,(H2,12,13,15,16). The Hall–Kier alpha value is -1.96. The van der Waals surface area contributed by atoms with Crippen molar-refractivity contribution < 1.29 is 8.42 Å². The van der Waals surface area contributed by atoms with Crippen molar-refractivity contribution in [3.8, 4) is 6.07 Å². The first-order valence-corrected chi connectivity index (χ1v) is 6.85. The monoisotopic (exact) mass is 285 g/mol. The Balaban J connectivity index is 2.50. The molecular weight excluding hydrogens is 274 g/mol. The van der Waals surface area contributed by atoms with Crippen molar-refractivity contribution in [3.05, 3.63) is 27.0 Å². The molecule has 1 unspecified atom stereocenters. The van der Waals surface area contributed by atoms with Crippen LogP contribution in [-0.4, -0.2) is 48.4 Å². The molecule has 1 aromatic rings. The number of H-pyrrole nitrogens is 2. The fourth-order valence-corrected chi connectivity index (χ4v) is 3.33. The van der Waals surface area contributed by atoms with Gasteiger partial charge >= 0.3 is 5.69 Å². The van der Waals surface area contributed by atoms with Crippen LogP contribution in [0.3, 0.4) is 0 Å². The molecule has 0 radical (unpaired) electrons. The molecule has 102 valence electrons. The minimum Gasteiger partial charge on any atom is -0.313 e. The summed E-state index contributed by atoms with van der Waals surface area (Å²) < 4.78 is 25.5. The molecule has 0 saturated carbocycles. The average Bonchev–Trinajstić information content (AvgIpc) is 2.38. The second kappa shape index (κ2) is 4.96. The highest BCUT2D eigenvalue weighted by molar-refractivity contribution is 7.89. The topological polar surface area (TPSA) is 139 Å². The maximum Gasteiger partial charge on any atom is 0.325 e. The Labute approximate surface area is 107 Å². The number of aromatic amines is 2. The van der Waals surface area contributed by atoms with Gasteiger partial charge in [-0.3, -0.25) is 9.78 Å². The van der Waals surface area contributed by atoms with Crippen LogP contribution >= 0.6 is 0 Å². The first kappa shape index (κ1) is 13.5. The molecule has 1 aromatic heterocycles. The second-order valence-electron chi connectivity index (χ2n) is 3.90. The number of nitrogens with one attached hydrogen (secondary N) is 3. The van der Waals surface area contributed by atoms with E-state index in [4.69, 9.17) is 5.26 Å². The minimum absolute atomic E-state index is 0.0825. The van der Waals surface area contributed by atoms with Crippen molar-refractivity contribution >= 4 is 10.0 Å². The molecule has 0 spiro atoms. The lowest BCUT2D eigenvalue weighted by molar-refractivity contribution is 0.311. The van der Waals surface area contributed by atoms with Crippen molar-refractivity contribution in [1.82, 2.24) is 19.6 Å². The second-order valence-corrected chi connectivity index (χ2v) is 5.76. The lowest BCUT2D eigenvalue weighted by atomic mass is 10.3. The zero-order valence-electron chi connectivity index (χ0n) is 9.71. The molecule has 9 nitrogen and oxygen atoms in total. The van der Waals surface area contributed by atoms with Crippen LogP contribution in [0.4, 0.5) is 0 Å². The summed E-state index contributed by atoms with van der Waals surface area (Å²) in [6.07, 6.45) is 0.840. The van der Waals surface area contributed by atoms with Gasteiger partial charge in [0.25, 0.3) is 15.6 Å². The van der Waals surface area contributed by atoms with Crippen molar-refractivity contribution in [1.29, 1.82) is 5.26 Å². The van der Waals surface area contributed by atoms with Crippen molar-refractivity contribution in [3.63, 3.8) is 0 Å². The predicted molar refractivity (Wildman–Crippen MR) is 63.8 cm³/mol. The lowest BCUT2D eigenvalue weighted by Crippen LogP contribution is -2.53. The number of nitriles is 1. The maximum atomic E-state index is 12.3. The van der Waals surface area contributed by atoms with Crippen LogP contribution in [0, 0.1) is 11.3 Å². The van der Waals surface area contributed by atoms with E-state index >= 15 is 0 Å². The van der Waals surface area contributed by atoms with Gasteiger partial charge < -0.3 is 10.3 Å². The van der Waals surface area contributed by atoms with Gasteiger partial charge in [-0.25, -0.2) is 13.2 Å². The Morgan fingerprint density at radius 3 is 2.79 bits per heavy atom. The molecule has 0 amide bonds. The summed E-state index contributed by atoms with van der Waals surface area (Å²) in [6.45, 7) is 0.661. The molecular formula is C9H11N5O4S. The van der Waals surface area contributed by atoms with E-state index in [9.17, 15) is 18.0 Å². The smallest absolute Gasteiger partial charge is 0.313 e. The zero-order valence-corrected chi connectivity index (χ0v) is 10.5. The summed E-state index contributed by atoms with van der Waals surface area (Å²) in [5.74, 6) is 0. The molecule has 0 aromatic carbocycles. The van der Waals surface area contributed by atoms with E-state index in [0.717, 1.165) is 10.5 Å². The Morgan fingerprint density at radius 1 is 1.42 bits per heavy atom. The Morgan fingerprint density at radius 2 is 2.16 bits per heavy atom. The van der Waals surface area contributed by atoms with Gasteiger partial charge in [0.1, 0.15) is 6.04 Å². The summed E-state index contributed by atoms with van der Waals surface area (Å²) in [5, 5.41) is 11.8. The van der Waals surface area contributed by atoms with Crippen LogP contribution in [0.1, 0.15) is 0 Å². The van der Waals surface area contributed by atoms with Gasteiger partial charge in [-0.1, -0.05) is 0 Å². The molecule has 1 aliphatic rings. The molecule has 0 bridgehead atoms. The first-order chi connectivity index (χ1) is 8.96. The van der Waals surface area contributed by atoms with Gasteiger partial charge in [0.2, 0.25) is 0 Å². The molecule has 10 heteroatoms. The Kier molecular flexibility index (Phi) is 3.52. The van der Waals surface area contributed by atoms with Crippen LogP contribution in [-0.2, 0) is 10.0 Å². The highest BCUT2D eigenvalue weighted by Gasteiger charge is 2.35. The van der Waals surface area contributed by atoms with Gasteiger partial charge in [0, 0.05) is 25.8 Å². The number of rotatable bonds is 2. The molecule has 0 aliphatic carbocycles. The van der Waals surface area contributed by atoms with E-state index in [1.807, 2.05) is 11.1 Å². The number of hydrogen-bond donors (Lipinski definition) is 3. The third-order valence-electron chi connectivity index (χ3n) is 2.72. The van der Waals surface area contributed by atoms with Crippen LogP contribution in [0.25, 0.3) is 0 Å². The summed E-state index contributed by atoms with van der Waals surface area (Å²) in [4.78, 5) is 25.8. The summed E-state index contributed by atoms with van der Waals surface area (Å²) in [6, 6.07) is 0.977. The fraction of sp³-hybridized carbons (Fsp3) is 0.444. The third kappa shape index (κ3) is 2.43. The number of piperazine rings is 1. The molecule has 1 fully saturated rings. The quantitative estimate of drug-likeness (QED) is 0.551. The molecule has 1 atom stereocenters. The van der Waals surface area contributed by atoms with Crippen LogP contribution in [0.5, 0.6) is 0 Å².